The molecule has 0 saturated carbocycles. The van der Waals surface area contributed by atoms with Crippen molar-refractivity contribution in [1.82, 2.24) is 20.1 Å². The van der Waals surface area contributed by atoms with Gasteiger partial charge < -0.3 is 5.32 Å². The molecule has 1 amide bonds. The number of carbonyl (C=O) groups excluding carboxylic acids is 1. The van der Waals surface area contributed by atoms with Gasteiger partial charge in [0.05, 0.1) is 6.04 Å². The highest BCUT2D eigenvalue weighted by atomic mass is 79.9. The summed E-state index contributed by atoms with van der Waals surface area (Å²) in [4.78, 5) is 12.5. The summed E-state index contributed by atoms with van der Waals surface area (Å²) in [5.74, 6) is 0.441. The molecular formula is C18H16BrClN4OS. The minimum Gasteiger partial charge on any atom is -0.348 e. The molecule has 1 atom stereocenters. The Morgan fingerprint density at radius 2 is 2.00 bits per heavy atom. The Hall–Kier alpha value is -1.96. The number of carbonyl (C=O) groups is 1. The van der Waals surface area contributed by atoms with Crippen LogP contribution in [0.5, 0.6) is 0 Å². The monoisotopic (exact) mass is 450 g/mol. The minimum atomic E-state index is -0.152. The summed E-state index contributed by atoms with van der Waals surface area (Å²) in [7, 11) is 0. The molecule has 8 heteroatoms. The lowest BCUT2D eigenvalue weighted by atomic mass is 10.1. The average molecular weight is 452 g/mol. The second-order valence-electron chi connectivity index (χ2n) is 5.76. The van der Waals surface area contributed by atoms with E-state index >= 15 is 0 Å². The number of aromatic amines is 1. The molecule has 0 bridgehead atoms. The van der Waals surface area contributed by atoms with Crippen LogP contribution in [-0.2, 0) is 11.3 Å². The van der Waals surface area contributed by atoms with Crippen LogP contribution in [-0.4, -0.2) is 20.7 Å². The van der Waals surface area contributed by atoms with E-state index in [2.05, 4.69) is 31.4 Å². The molecular weight excluding hydrogens is 436 g/mol. The number of rotatable bonds is 5. The summed E-state index contributed by atoms with van der Waals surface area (Å²) in [6.07, 6.45) is 0. The van der Waals surface area contributed by atoms with Crippen molar-refractivity contribution in [3.05, 3.63) is 68.4 Å². The van der Waals surface area contributed by atoms with E-state index in [1.807, 2.05) is 43.3 Å². The van der Waals surface area contributed by atoms with Crippen molar-refractivity contribution in [3.8, 4) is 11.4 Å². The zero-order valence-electron chi connectivity index (χ0n) is 13.9. The van der Waals surface area contributed by atoms with Gasteiger partial charge in [0.2, 0.25) is 5.91 Å². The van der Waals surface area contributed by atoms with Gasteiger partial charge >= 0.3 is 0 Å². The predicted molar refractivity (Wildman–Crippen MR) is 109 cm³/mol. The molecule has 2 N–H and O–H groups in total. The molecule has 0 aliphatic carbocycles. The summed E-state index contributed by atoms with van der Waals surface area (Å²) in [5, 5.41) is 10.6. The number of nitrogens with one attached hydrogen (secondary N) is 2. The zero-order valence-corrected chi connectivity index (χ0v) is 17.0. The van der Waals surface area contributed by atoms with Crippen LogP contribution in [0.1, 0.15) is 18.5 Å². The number of nitrogens with zero attached hydrogens (tertiary/aromatic N) is 2. The second kappa shape index (κ2) is 8.16. The minimum absolute atomic E-state index is 0.0715. The molecule has 134 valence electrons. The largest absolute Gasteiger partial charge is 0.348 e. The molecule has 0 aliphatic rings. The fourth-order valence-corrected chi connectivity index (χ4v) is 3.57. The van der Waals surface area contributed by atoms with Crippen LogP contribution in [0.25, 0.3) is 11.4 Å². The molecule has 1 aromatic heterocycles. The van der Waals surface area contributed by atoms with Gasteiger partial charge in [-0.25, -0.2) is 0 Å². The van der Waals surface area contributed by atoms with Crippen LogP contribution in [0.2, 0.25) is 5.02 Å². The maximum Gasteiger partial charge on any atom is 0.240 e. The lowest BCUT2D eigenvalue weighted by Gasteiger charge is -2.16. The Morgan fingerprint density at radius 1 is 1.31 bits per heavy atom. The number of H-pyrrole nitrogens is 1. The maximum absolute atomic E-state index is 12.5. The predicted octanol–water partition coefficient (Wildman–Crippen LogP) is 4.90. The molecule has 1 unspecified atom stereocenters. The SMILES string of the molecule is CC(NC(=O)Cn1c(-c2ccc(Cl)cc2)n[nH]c1=S)c1ccccc1Br. The fourth-order valence-electron chi connectivity index (χ4n) is 2.62. The fraction of sp³-hybridized carbons (Fsp3) is 0.167. The molecule has 0 saturated heterocycles. The zero-order chi connectivity index (χ0) is 18.7. The normalized spacial score (nSPS) is 12.0. The highest BCUT2D eigenvalue weighted by Gasteiger charge is 2.16. The van der Waals surface area contributed by atoms with Crippen molar-refractivity contribution < 1.29 is 4.79 Å². The number of aromatic nitrogens is 3. The molecule has 1 heterocycles. The first kappa shape index (κ1) is 18.8. The van der Waals surface area contributed by atoms with Crippen molar-refractivity contribution in [2.75, 3.05) is 0 Å². The molecule has 0 radical (unpaired) electrons. The first-order valence-electron chi connectivity index (χ1n) is 7.90. The van der Waals surface area contributed by atoms with Gasteiger partial charge in [-0.1, -0.05) is 45.7 Å². The van der Waals surface area contributed by atoms with Gasteiger partial charge in [0.15, 0.2) is 10.6 Å². The number of halogens is 2. The second-order valence-corrected chi connectivity index (χ2v) is 7.43. The van der Waals surface area contributed by atoms with E-state index < -0.39 is 0 Å². The van der Waals surface area contributed by atoms with Crippen molar-refractivity contribution in [1.29, 1.82) is 0 Å². The van der Waals surface area contributed by atoms with Gasteiger partial charge in [-0.3, -0.25) is 14.5 Å². The van der Waals surface area contributed by atoms with Crippen molar-refractivity contribution in [3.63, 3.8) is 0 Å². The molecule has 3 rings (SSSR count). The summed E-state index contributed by atoms with van der Waals surface area (Å²) in [6.45, 7) is 2.01. The Kier molecular flexibility index (Phi) is 5.90. The van der Waals surface area contributed by atoms with Crippen LogP contribution in [0, 0.1) is 4.77 Å². The number of hydrogen-bond donors (Lipinski definition) is 2. The van der Waals surface area contributed by atoms with E-state index in [4.69, 9.17) is 23.8 Å². The quantitative estimate of drug-likeness (QED) is 0.542. The molecule has 3 aromatic rings. The van der Waals surface area contributed by atoms with E-state index in [1.54, 1.807) is 16.7 Å². The summed E-state index contributed by atoms with van der Waals surface area (Å²) >= 11 is 14.7. The van der Waals surface area contributed by atoms with Crippen molar-refractivity contribution >= 4 is 45.7 Å². The van der Waals surface area contributed by atoms with Gasteiger partial charge in [-0.05, 0) is 55.0 Å². The van der Waals surface area contributed by atoms with E-state index in [0.717, 1.165) is 15.6 Å². The molecule has 0 aliphatic heterocycles. The third-order valence-electron chi connectivity index (χ3n) is 3.91. The topological polar surface area (TPSA) is 62.7 Å². The maximum atomic E-state index is 12.5. The highest BCUT2D eigenvalue weighted by molar-refractivity contribution is 9.10. The average Bonchev–Trinajstić information content (AvgIpc) is 2.96. The Bertz CT molecular complexity index is 983. The Morgan fingerprint density at radius 3 is 2.69 bits per heavy atom. The summed E-state index contributed by atoms with van der Waals surface area (Å²) < 4.78 is 3.01. The van der Waals surface area contributed by atoms with Crippen LogP contribution < -0.4 is 5.32 Å². The van der Waals surface area contributed by atoms with Crippen LogP contribution in [0.3, 0.4) is 0 Å². The van der Waals surface area contributed by atoms with E-state index in [-0.39, 0.29) is 18.5 Å². The van der Waals surface area contributed by atoms with Crippen LogP contribution >= 0.6 is 39.7 Å². The highest BCUT2D eigenvalue weighted by Crippen LogP contribution is 2.23. The molecule has 5 nitrogen and oxygen atoms in total. The molecule has 0 fully saturated rings. The lowest BCUT2D eigenvalue weighted by Crippen LogP contribution is -2.30. The lowest BCUT2D eigenvalue weighted by molar-refractivity contribution is -0.122. The first-order chi connectivity index (χ1) is 12.5. The third-order valence-corrected chi connectivity index (χ3v) is 5.20. The first-order valence-corrected chi connectivity index (χ1v) is 9.48. The Balaban J connectivity index is 1.78. The van der Waals surface area contributed by atoms with Crippen molar-refractivity contribution in [2.24, 2.45) is 0 Å². The smallest absolute Gasteiger partial charge is 0.240 e. The number of amides is 1. The summed E-state index contributed by atoms with van der Waals surface area (Å²) in [5.41, 5.74) is 1.84. The third kappa shape index (κ3) is 4.23. The van der Waals surface area contributed by atoms with Gasteiger partial charge in [0, 0.05) is 15.1 Å². The molecule has 0 spiro atoms. The van der Waals surface area contributed by atoms with Crippen LogP contribution in [0.15, 0.2) is 53.0 Å². The molecule has 26 heavy (non-hydrogen) atoms. The number of hydrogen-bond acceptors (Lipinski definition) is 3. The van der Waals surface area contributed by atoms with Gasteiger partial charge in [0.1, 0.15) is 6.54 Å². The van der Waals surface area contributed by atoms with Gasteiger partial charge in [-0.15, -0.1) is 0 Å². The van der Waals surface area contributed by atoms with E-state index in [0.29, 0.717) is 15.6 Å². The number of benzene rings is 2. The summed E-state index contributed by atoms with van der Waals surface area (Å²) in [6, 6.07) is 14.9. The van der Waals surface area contributed by atoms with Crippen LogP contribution in [0.4, 0.5) is 0 Å². The van der Waals surface area contributed by atoms with Gasteiger partial charge in [-0.2, -0.15) is 5.10 Å². The van der Waals surface area contributed by atoms with Crippen molar-refractivity contribution in [2.45, 2.75) is 19.5 Å². The van der Waals surface area contributed by atoms with Gasteiger partial charge in [0.25, 0.3) is 0 Å². The standard InChI is InChI=1S/C18H16BrClN4OS/c1-11(14-4-2-3-5-15(14)19)21-16(25)10-24-17(22-23-18(24)26)12-6-8-13(20)9-7-12/h2-9,11H,10H2,1H3,(H,21,25)(H,23,26). The Labute approximate surface area is 169 Å². The van der Waals surface area contributed by atoms with E-state index in [1.165, 1.54) is 0 Å². The molecule has 2 aromatic carbocycles. The van der Waals surface area contributed by atoms with E-state index in [9.17, 15) is 4.79 Å².